The minimum atomic E-state index is -0.775. The average molecular weight is 246 g/mol. The third kappa shape index (κ3) is 4.92. The van der Waals surface area contributed by atoms with Crippen molar-refractivity contribution in [2.24, 2.45) is 5.92 Å². The molecule has 0 amide bonds. The van der Waals surface area contributed by atoms with E-state index in [4.69, 9.17) is 19.2 Å². The highest BCUT2D eigenvalue weighted by Gasteiger charge is 2.56. The van der Waals surface area contributed by atoms with E-state index >= 15 is 0 Å². The SMILES string of the molecule is CCCCOCCC(CCCC)C1(OC)OO1. The van der Waals surface area contributed by atoms with E-state index in [-0.39, 0.29) is 5.92 Å². The molecule has 0 radical (unpaired) electrons. The molecule has 0 aromatic carbocycles. The van der Waals surface area contributed by atoms with Gasteiger partial charge in [-0.15, -0.1) is 0 Å². The second-order valence-corrected chi connectivity index (χ2v) is 4.57. The molecule has 102 valence electrons. The van der Waals surface area contributed by atoms with Gasteiger partial charge >= 0.3 is 5.97 Å². The highest BCUT2D eigenvalue weighted by molar-refractivity contribution is 4.74. The lowest BCUT2D eigenvalue weighted by Crippen LogP contribution is -2.27. The molecule has 4 heteroatoms. The van der Waals surface area contributed by atoms with Crippen LogP contribution in [0.3, 0.4) is 0 Å². The van der Waals surface area contributed by atoms with Crippen molar-refractivity contribution in [3.8, 4) is 0 Å². The minimum absolute atomic E-state index is 0.272. The van der Waals surface area contributed by atoms with Crippen LogP contribution < -0.4 is 0 Å². The van der Waals surface area contributed by atoms with Crippen molar-refractivity contribution >= 4 is 0 Å². The van der Waals surface area contributed by atoms with Crippen LogP contribution in [-0.4, -0.2) is 26.3 Å². The standard InChI is InChI=1S/C13H26O4/c1-4-6-8-12(13(14-3)16-17-13)9-11-15-10-7-5-2/h12H,4-11H2,1-3H3. The molecule has 0 aromatic heterocycles. The summed E-state index contributed by atoms with van der Waals surface area (Å²) in [7, 11) is 1.63. The van der Waals surface area contributed by atoms with Gasteiger partial charge in [-0.1, -0.05) is 33.1 Å². The maximum Gasteiger partial charge on any atom is 0.342 e. The molecule has 17 heavy (non-hydrogen) atoms. The Morgan fingerprint density at radius 1 is 1.00 bits per heavy atom. The molecule has 1 aliphatic heterocycles. The van der Waals surface area contributed by atoms with Crippen molar-refractivity contribution in [1.82, 2.24) is 0 Å². The van der Waals surface area contributed by atoms with Gasteiger partial charge in [0.05, 0.1) is 0 Å². The Balaban J connectivity index is 2.21. The molecule has 0 saturated carbocycles. The molecule has 1 heterocycles. The first-order chi connectivity index (χ1) is 8.29. The summed E-state index contributed by atoms with van der Waals surface area (Å²) in [6.07, 6.45) is 6.62. The number of rotatable bonds is 11. The number of ether oxygens (including phenoxy) is 2. The number of hydrogen-bond donors (Lipinski definition) is 0. The predicted molar refractivity (Wildman–Crippen MR) is 65.3 cm³/mol. The van der Waals surface area contributed by atoms with Gasteiger partial charge < -0.3 is 9.47 Å². The second kappa shape index (κ2) is 8.03. The van der Waals surface area contributed by atoms with Crippen molar-refractivity contribution in [1.29, 1.82) is 0 Å². The summed E-state index contributed by atoms with van der Waals surface area (Å²) in [4.78, 5) is 10.0. The molecular formula is C13H26O4. The van der Waals surface area contributed by atoms with Crippen LogP contribution in [0.15, 0.2) is 0 Å². The molecule has 1 unspecified atom stereocenters. The van der Waals surface area contributed by atoms with Gasteiger partial charge in [0.25, 0.3) is 0 Å². The molecule has 1 fully saturated rings. The summed E-state index contributed by atoms with van der Waals surface area (Å²) < 4.78 is 10.9. The molecule has 1 rings (SSSR count). The molecule has 1 saturated heterocycles. The first kappa shape index (κ1) is 14.9. The van der Waals surface area contributed by atoms with E-state index in [9.17, 15) is 0 Å². The van der Waals surface area contributed by atoms with Crippen molar-refractivity contribution in [2.45, 2.75) is 58.3 Å². The summed E-state index contributed by atoms with van der Waals surface area (Å²) in [5.41, 5.74) is 0. The van der Waals surface area contributed by atoms with Gasteiger partial charge in [0.2, 0.25) is 0 Å². The highest BCUT2D eigenvalue weighted by Crippen LogP contribution is 2.42. The van der Waals surface area contributed by atoms with Gasteiger partial charge in [0.1, 0.15) is 0 Å². The highest BCUT2D eigenvalue weighted by atomic mass is 17.4. The Kier molecular flexibility index (Phi) is 7.04. The quantitative estimate of drug-likeness (QED) is 0.319. The van der Waals surface area contributed by atoms with E-state index in [0.717, 1.165) is 38.9 Å². The van der Waals surface area contributed by atoms with Crippen LogP contribution in [-0.2, 0) is 19.2 Å². The van der Waals surface area contributed by atoms with E-state index < -0.39 is 5.97 Å². The van der Waals surface area contributed by atoms with E-state index in [1.54, 1.807) is 7.11 Å². The second-order valence-electron chi connectivity index (χ2n) is 4.57. The number of methoxy groups -OCH3 is 1. The first-order valence-corrected chi connectivity index (χ1v) is 6.78. The van der Waals surface area contributed by atoms with E-state index in [2.05, 4.69) is 13.8 Å². The van der Waals surface area contributed by atoms with Crippen molar-refractivity contribution < 1.29 is 19.2 Å². The van der Waals surface area contributed by atoms with Crippen LogP contribution in [0, 0.1) is 5.92 Å². The summed E-state index contributed by atoms with van der Waals surface area (Å²) in [5.74, 6) is -0.502. The molecule has 4 nitrogen and oxygen atoms in total. The lowest BCUT2D eigenvalue weighted by Gasteiger charge is -2.18. The lowest BCUT2D eigenvalue weighted by molar-refractivity contribution is -0.0799. The van der Waals surface area contributed by atoms with Crippen LogP contribution in [0.2, 0.25) is 0 Å². The Bertz CT molecular complexity index is 192. The maximum atomic E-state index is 5.59. The summed E-state index contributed by atoms with van der Waals surface area (Å²) in [5, 5.41) is 0. The average Bonchev–Trinajstić information content (AvgIpc) is 3.13. The fraction of sp³-hybridized carbons (Fsp3) is 1.00. The largest absolute Gasteiger partial charge is 0.381 e. The van der Waals surface area contributed by atoms with Crippen molar-refractivity contribution in [3.05, 3.63) is 0 Å². The first-order valence-electron chi connectivity index (χ1n) is 6.78. The third-order valence-corrected chi connectivity index (χ3v) is 3.19. The van der Waals surface area contributed by atoms with Gasteiger partial charge in [0.15, 0.2) is 0 Å². The van der Waals surface area contributed by atoms with Gasteiger partial charge in [-0.25, -0.2) is 0 Å². The molecule has 0 aliphatic carbocycles. The molecule has 1 aliphatic rings. The third-order valence-electron chi connectivity index (χ3n) is 3.19. The van der Waals surface area contributed by atoms with Crippen LogP contribution in [0.1, 0.15) is 52.4 Å². The fourth-order valence-electron chi connectivity index (χ4n) is 1.93. The topological polar surface area (TPSA) is 43.5 Å². The van der Waals surface area contributed by atoms with E-state index in [1.807, 2.05) is 0 Å². The minimum Gasteiger partial charge on any atom is -0.381 e. The van der Waals surface area contributed by atoms with Crippen molar-refractivity contribution in [3.63, 3.8) is 0 Å². The van der Waals surface area contributed by atoms with E-state index in [1.165, 1.54) is 12.8 Å². The van der Waals surface area contributed by atoms with Crippen molar-refractivity contribution in [2.75, 3.05) is 20.3 Å². The number of hydrogen-bond acceptors (Lipinski definition) is 4. The maximum absolute atomic E-state index is 5.59. The predicted octanol–water partition coefficient (Wildman–Crippen LogP) is 3.26. The Hall–Kier alpha value is -0.160. The van der Waals surface area contributed by atoms with Gasteiger partial charge in [-0.3, -0.25) is 0 Å². The zero-order valence-electron chi connectivity index (χ0n) is 11.4. The monoisotopic (exact) mass is 246 g/mol. The van der Waals surface area contributed by atoms with Crippen LogP contribution >= 0.6 is 0 Å². The summed E-state index contributed by atoms with van der Waals surface area (Å²) in [6, 6.07) is 0. The summed E-state index contributed by atoms with van der Waals surface area (Å²) in [6.45, 7) is 5.95. The normalized spacial score (nSPS) is 19.2. The fourth-order valence-corrected chi connectivity index (χ4v) is 1.93. The van der Waals surface area contributed by atoms with Crippen LogP contribution in [0.4, 0.5) is 0 Å². The smallest absolute Gasteiger partial charge is 0.342 e. The lowest BCUT2D eigenvalue weighted by atomic mass is 9.97. The van der Waals surface area contributed by atoms with Gasteiger partial charge in [0, 0.05) is 26.2 Å². The molecule has 1 atom stereocenters. The Morgan fingerprint density at radius 3 is 2.24 bits per heavy atom. The molecule has 0 aromatic rings. The Labute approximate surface area is 104 Å². The molecule has 0 spiro atoms. The van der Waals surface area contributed by atoms with Gasteiger partial charge in [-0.05, 0) is 19.3 Å². The van der Waals surface area contributed by atoms with Gasteiger partial charge in [-0.2, -0.15) is 9.78 Å². The molecule has 0 N–H and O–H groups in total. The van der Waals surface area contributed by atoms with Crippen LogP contribution in [0.5, 0.6) is 0 Å². The zero-order chi connectivity index (χ0) is 12.6. The molecular weight excluding hydrogens is 220 g/mol. The zero-order valence-corrected chi connectivity index (χ0v) is 11.4. The van der Waals surface area contributed by atoms with Crippen LogP contribution in [0.25, 0.3) is 0 Å². The molecule has 0 bridgehead atoms. The van der Waals surface area contributed by atoms with E-state index in [0.29, 0.717) is 0 Å². The number of unbranched alkanes of at least 4 members (excludes halogenated alkanes) is 2. The Morgan fingerprint density at radius 2 is 1.71 bits per heavy atom. The summed E-state index contributed by atoms with van der Waals surface area (Å²) >= 11 is 0.